The molecule has 4 nitrogen and oxygen atoms in total. The molecule has 0 amide bonds. The highest BCUT2D eigenvalue weighted by molar-refractivity contribution is 6.30. The summed E-state index contributed by atoms with van der Waals surface area (Å²) in [6.45, 7) is 1.99. The van der Waals surface area contributed by atoms with E-state index in [0.29, 0.717) is 16.7 Å². The van der Waals surface area contributed by atoms with Gasteiger partial charge in [0.25, 0.3) is 5.89 Å². The van der Waals surface area contributed by atoms with E-state index in [1.807, 2.05) is 25.1 Å². The van der Waals surface area contributed by atoms with Gasteiger partial charge in [-0.3, -0.25) is 0 Å². The highest BCUT2D eigenvalue weighted by atomic mass is 35.5. The van der Waals surface area contributed by atoms with Crippen LogP contribution in [0.4, 0.5) is 0 Å². The fourth-order valence-corrected chi connectivity index (χ4v) is 2.76. The molecule has 0 bridgehead atoms. The van der Waals surface area contributed by atoms with E-state index in [9.17, 15) is 0 Å². The van der Waals surface area contributed by atoms with Crippen LogP contribution in [0.2, 0.25) is 5.02 Å². The predicted molar refractivity (Wildman–Crippen MR) is 81.1 cm³/mol. The highest BCUT2D eigenvalue weighted by Gasteiger charge is 2.36. The molecule has 6 heteroatoms. The van der Waals surface area contributed by atoms with Crippen molar-refractivity contribution in [1.29, 1.82) is 0 Å². The summed E-state index contributed by atoms with van der Waals surface area (Å²) in [4.78, 5) is 4.47. The first-order chi connectivity index (χ1) is 9.08. The van der Waals surface area contributed by atoms with Crippen molar-refractivity contribution in [3.63, 3.8) is 0 Å². The molecule has 0 aliphatic heterocycles. The highest BCUT2D eigenvalue weighted by Crippen LogP contribution is 2.36. The lowest BCUT2D eigenvalue weighted by Gasteiger charge is -2.17. The molecule has 1 aromatic heterocycles. The number of benzene rings is 1. The Hall–Kier alpha value is -1.10. The van der Waals surface area contributed by atoms with E-state index in [2.05, 4.69) is 10.1 Å². The van der Waals surface area contributed by atoms with Gasteiger partial charge in [0.15, 0.2) is 5.82 Å². The van der Waals surface area contributed by atoms with Gasteiger partial charge in [-0.05, 0) is 37.5 Å². The number of hydrogen-bond donors (Lipinski definition) is 1. The minimum absolute atomic E-state index is 0. The van der Waals surface area contributed by atoms with E-state index < -0.39 is 5.54 Å². The summed E-state index contributed by atoms with van der Waals surface area (Å²) in [5.74, 6) is 1.10. The second-order valence-corrected chi connectivity index (χ2v) is 5.68. The largest absolute Gasteiger partial charge is 0.334 e. The van der Waals surface area contributed by atoms with Crippen molar-refractivity contribution in [1.82, 2.24) is 10.1 Å². The van der Waals surface area contributed by atoms with Crippen LogP contribution in [0, 0.1) is 6.92 Å². The summed E-state index contributed by atoms with van der Waals surface area (Å²) in [6, 6.07) is 5.63. The average Bonchev–Trinajstić information content (AvgIpc) is 3.02. The summed E-state index contributed by atoms with van der Waals surface area (Å²) in [5.41, 5.74) is 7.83. The van der Waals surface area contributed by atoms with E-state index in [0.717, 1.165) is 36.8 Å². The van der Waals surface area contributed by atoms with Gasteiger partial charge in [0.2, 0.25) is 0 Å². The summed E-state index contributed by atoms with van der Waals surface area (Å²) in [7, 11) is 0. The fraction of sp³-hybridized carbons (Fsp3) is 0.429. The van der Waals surface area contributed by atoms with Crippen molar-refractivity contribution in [3.05, 3.63) is 34.6 Å². The third-order valence-corrected chi connectivity index (χ3v) is 4.03. The van der Waals surface area contributed by atoms with Gasteiger partial charge in [0.05, 0.1) is 5.54 Å². The topological polar surface area (TPSA) is 64.9 Å². The molecule has 0 saturated heterocycles. The van der Waals surface area contributed by atoms with E-state index >= 15 is 0 Å². The maximum absolute atomic E-state index is 6.33. The summed E-state index contributed by atoms with van der Waals surface area (Å²) in [6.07, 6.45) is 4.08. The van der Waals surface area contributed by atoms with Crippen LogP contribution in [0.3, 0.4) is 0 Å². The van der Waals surface area contributed by atoms with Gasteiger partial charge in [0.1, 0.15) is 0 Å². The van der Waals surface area contributed by atoms with Gasteiger partial charge in [-0.1, -0.05) is 35.7 Å². The molecule has 0 radical (unpaired) electrons. The molecule has 2 N–H and O–H groups in total. The smallest absolute Gasteiger partial charge is 0.258 e. The Morgan fingerprint density at radius 1 is 1.30 bits per heavy atom. The van der Waals surface area contributed by atoms with Crippen LogP contribution < -0.4 is 5.73 Å². The third-order valence-electron chi connectivity index (χ3n) is 3.80. The molecule has 1 aliphatic carbocycles. The van der Waals surface area contributed by atoms with Crippen LogP contribution in [0.15, 0.2) is 22.7 Å². The van der Waals surface area contributed by atoms with E-state index in [1.165, 1.54) is 0 Å². The standard InChI is InChI=1S/C14H16ClN3O.ClH/c1-9-4-5-10(15)8-11(9)12-17-13(18-19-12)14(16)6-2-3-7-14;/h4-5,8H,2-3,6-7,16H2,1H3;1H. The molecule has 1 aliphatic rings. The third kappa shape index (κ3) is 2.68. The molecule has 108 valence electrons. The fourth-order valence-electron chi connectivity index (χ4n) is 2.59. The molecule has 0 spiro atoms. The zero-order valence-corrected chi connectivity index (χ0v) is 12.8. The number of aryl methyl sites for hydroxylation is 1. The van der Waals surface area contributed by atoms with Gasteiger partial charge in [-0.2, -0.15) is 4.98 Å². The van der Waals surface area contributed by atoms with Gasteiger partial charge < -0.3 is 10.3 Å². The number of rotatable bonds is 2. The van der Waals surface area contributed by atoms with Crippen LogP contribution in [0.5, 0.6) is 0 Å². The minimum Gasteiger partial charge on any atom is -0.334 e. The van der Waals surface area contributed by atoms with Crippen molar-refractivity contribution in [2.45, 2.75) is 38.1 Å². The molecule has 3 rings (SSSR count). The van der Waals surface area contributed by atoms with Gasteiger partial charge in [-0.25, -0.2) is 0 Å². The maximum Gasteiger partial charge on any atom is 0.258 e. The van der Waals surface area contributed by atoms with Gasteiger partial charge in [-0.15, -0.1) is 12.4 Å². The van der Waals surface area contributed by atoms with Crippen LogP contribution in [-0.4, -0.2) is 10.1 Å². The van der Waals surface area contributed by atoms with Crippen molar-refractivity contribution >= 4 is 24.0 Å². The summed E-state index contributed by atoms with van der Waals surface area (Å²) in [5, 5.41) is 4.72. The molecule has 1 heterocycles. The Labute approximate surface area is 129 Å². The number of nitrogens with zero attached hydrogens (tertiary/aromatic N) is 2. The summed E-state index contributed by atoms with van der Waals surface area (Å²) >= 11 is 6.01. The van der Waals surface area contributed by atoms with Crippen LogP contribution in [0.25, 0.3) is 11.5 Å². The monoisotopic (exact) mass is 313 g/mol. The Bertz CT molecular complexity index is 606. The Morgan fingerprint density at radius 2 is 2.00 bits per heavy atom. The molecule has 0 unspecified atom stereocenters. The molecule has 1 aromatic carbocycles. The second kappa shape index (κ2) is 5.72. The minimum atomic E-state index is -0.422. The van der Waals surface area contributed by atoms with Crippen molar-refractivity contribution in [2.75, 3.05) is 0 Å². The van der Waals surface area contributed by atoms with Crippen LogP contribution in [-0.2, 0) is 5.54 Å². The molecule has 2 aromatic rings. The molecule has 1 fully saturated rings. The lowest BCUT2D eigenvalue weighted by Crippen LogP contribution is -2.34. The first kappa shape index (κ1) is 15.3. The molecule has 20 heavy (non-hydrogen) atoms. The van der Waals surface area contributed by atoms with Gasteiger partial charge in [0, 0.05) is 10.6 Å². The van der Waals surface area contributed by atoms with Crippen LogP contribution in [0.1, 0.15) is 37.1 Å². The number of hydrogen-bond acceptors (Lipinski definition) is 4. The number of aromatic nitrogens is 2. The van der Waals surface area contributed by atoms with Gasteiger partial charge >= 0.3 is 0 Å². The number of nitrogens with two attached hydrogens (primary N) is 1. The lowest BCUT2D eigenvalue weighted by atomic mass is 9.98. The van der Waals surface area contributed by atoms with Crippen molar-refractivity contribution < 1.29 is 4.52 Å². The Morgan fingerprint density at radius 3 is 2.70 bits per heavy atom. The molecular formula is C14H17Cl2N3O. The predicted octanol–water partition coefficient (Wildman–Crippen LogP) is 3.85. The average molecular weight is 314 g/mol. The quantitative estimate of drug-likeness (QED) is 0.914. The van der Waals surface area contributed by atoms with E-state index in [-0.39, 0.29) is 12.4 Å². The van der Waals surface area contributed by atoms with E-state index in [1.54, 1.807) is 0 Å². The summed E-state index contributed by atoms with van der Waals surface area (Å²) < 4.78 is 5.36. The second-order valence-electron chi connectivity index (χ2n) is 5.25. The van der Waals surface area contributed by atoms with Crippen molar-refractivity contribution in [3.8, 4) is 11.5 Å². The Kier molecular flexibility index (Phi) is 4.37. The normalized spacial score (nSPS) is 16.9. The van der Waals surface area contributed by atoms with Crippen LogP contribution >= 0.6 is 24.0 Å². The van der Waals surface area contributed by atoms with E-state index in [4.69, 9.17) is 21.9 Å². The Balaban J connectivity index is 0.00000147. The molecule has 0 atom stereocenters. The lowest BCUT2D eigenvalue weighted by molar-refractivity contribution is 0.372. The van der Waals surface area contributed by atoms with Crippen molar-refractivity contribution in [2.24, 2.45) is 5.73 Å². The first-order valence-corrected chi connectivity index (χ1v) is 6.86. The molecule has 1 saturated carbocycles. The molecular weight excluding hydrogens is 297 g/mol. The zero-order chi connectivity index (χ0) is 13.5. The zero-order valence-electron chi connectivity index (χ0n) is 11.2. The number of halogens is 2. The first-order valence-electron chi connectivity index (χ1n) is 6.48. The SMILES string of the molecule is Cc1ccc(Cl)cc1-c1nc(C2(N)CCCC2)no1.Cl. The maximum atomic E-state index is 6.33.